The van der Waals surface area contributed by atoms with Gasteiger partial charge in [-0.2, -0.15) is 0 Å². The van der Waals surface area contributed by atoms with Gasteiger partial charge in [0.1, 0.15) is 5.82 Å². The largest absolute Gasteiger partial charge is 0.384 e. The third-order valence-electron chi connectivity index (χ3n) is 2.44. The Bertz CT molecular complexity index is 513. The topological polar surface area (TPSA) is 24.9 Å². The molecule has 0 aliphatic carbocycles. The SMILES string of the molecule is Cc1ncsc1CCNc1ccc(F)cc1Br. The minimum atomic E-state index is -0.235. The number of aryl methyl sites for hydroxylation is 1. The first-order valence-electron chi connectivity index (χ1n) is 5.24. The van der Waals surface area contributed by atoms with E-state index in [0.29, 0.717) is 0 Å². The van der Waals surface area contributed by atoms with E-state index in [4.69, 9.17) is 0 Å². The fourth-order valence-corrected chi connectivity index (χ4v) is 2.78. The van der Waals surface area contributed by atoms with Crippen LogP contribution in [0.4, 0.5) is 10.1 Å². The van der Waals surface area contributed by atoms with Gasteiger partial charge in [-0.1, -0.05) is 0 Å². The van der Waals surface area contributed by atoms with Gasteiger partial charge in [-0.05, 0) is 41.1 Å². The molecule has 0 saturated carbocycles. The lowest BCUT2D eigenvalue weighted by Crippen LogP contribution is -2.05. The summed E-state index contributed by atoms with van der Waals surface area (Å²) in [4.78, 5) is 5.49. The van der Waals surface area contributed by atoms with Crippen LogP contribution in [-0.4, -0.2) is 11.5 Å². The van der Waals surface area contributed by atoms with E-state index in [-0.39, 0.29) is 5.82 Å². The molecule has 0 atom stereocenters. The molecule has 2 nitrogen and oxygen atoms in total. The van der Waals surface area contributed by atoms with Gasteiger partial charge in [0.05, 0.1) is 11.2 Å². The molecule has 0 aliphatic heterocycles. The van der Waals surface area contributed by atoms with Gasteiger partial charge < -0.3 is 5.32 Å². The summed E-state index contributed by atoms with van der Waals surface area (Å²) in [6.07, 6.45) is 0.931. The summed E-state index contributed by atoms with van der Waals surface area (Å²) < 4.78 is 13.6. The Kier molecular flexibility index (Phi) is 4.12. The molecular formula is C12H12BrFN2S. The summed E-state index contributed by atoms with van der Waals surface area (Å²) in [6, 6.07) is 4.64. The molecule has 0 radical (unpaired) electrons. The van der Waals surface area contributed by atoms with Gasteiger partial charge >= 0.3 is 0 Å². The van der Waals surface area contributed by atoms with Gasteiger partial charge in [-0.25, -0.2) is 9.37 Å². The second kappa shape index (κ2) is 5.60. The van der Waals surface area contributed by atoms with E-state index in [1.54, 1.807) is 17.4 Å². The average molecular weight is 315 g/mol. The molecule has 1 aromatic carbocycles. The fraction of sp³-hybridized carbons (Fsp3) is 0.250. The van der Waals surface area contributed by atoms with E-state index in [9.17, 15) is 4.39 Å². The van der Waals surface area contributed by atoms with Crippen LogP contribution in [0.25, 0.3) is 0 Å². The summed E-state index contributed by atoms with van der Waals surface area (Å²) in [5.74, 6) is -0.235. The zero-order valence-electron chi connectivity index (χ0n) is 9.34. The number of halogens is 2. The van der Waals surface area contributed by atoms with Crippen LogP contribution >= 0.6 is 27.3 Å². The van der Waals surface area contributed by atoms with Crippen LogP contribution in [0.2, 0.25) is 0 Å². The first kappa shape index (κ1) is 12.5. The molecule has 0 amide bonds. The second-order valence-electron chi connectivity index (χ2n) is 3.66. The molecule has 5 heteroatoms. The van der Waals surface area contributed by atoms with Gasteiger partial charge in [0.15, 0.2) is 0 Å². The molecule has 0 bridgehead atoms. The van der Waals surface area contributed by atoms with Crippen molar-refractivity contribution in [3.05, 3.63) is 44.6 Å². The Morgan fingerprint density at radius 2 is 2.29 bits per heavy atom. The lowest BCUT2D eigenvalue weighted by Gasteiger charge is -2.07. The van der Waals surface area contributed by atoms with Gasteiger partial charge in [0.25, 0.3) is 0 Å². The van der Waals surface area contributed by atoms with Crippen LogP contribution in [0.3, 0.4) is 0 Å². The number of rotatable bonds is 4. The van der Waals surface area contributed by atoms with Crippen molar-refractivity contribution in [1.29, 1.82) is 0 Å². The van der Waals surface area contributed by atoms with Gasteiger partial charge in [-0.3, -0.25) is 0 Å². The third-order valence-corrected chi connectivity index (χ3v) is 4.09. The molecular weight excluding hydrogens is 303 g/mol. The van der Waals surface area contributed by atoms with Crippen LogP contribution in [0.15, 0.2) is 28.2 Å². The summed E-state index contributed by atoms with van der Waals surface area (Å²) in [6.45, 7) is 2.83. The number of aromatic nitrogens is 1. The maximum Gasteiger partial charge on any atom is 0.124 e. The molecule has 0 saturated heterocycles. The van der Waals surface area contributed by atoms with Crippen LogP contribution in [0.5, 0.6) is 0 Å². The Balaban J connectivity index is 1.92. The minimum Gasteiger partial charge on any atom is -0.384 e. The van der Waals surface area contributed by atoms with Crippen molar-refractivity contribution in [3.63, 3.8) is 0 Å². The van der Waals surface area contributed by atoms with Gasteiger partial charge in [0.2, 0.25) is 0 Å². The first-order valence-corrected chi connectivity index (χ1v) is 6.92. The van der Waals surface area contributed by atoms with E-state index < -0.39 is 0 Å². The van der Waals surface area contributed by atoms with E-state index >= 15 is 0 Å². The maximum atomic E-state index is 12.9. The highest BCUT2D eigenvalue weighted by Gasteiger charge is 2.03. The zero-order valence-corrected chi connectivity index (χ0v) is 11.7. The monoisotopic (exact) mass is 314 g/mol. The van der Waals surface area contributed by atoms with Crippen LogP contribution in [-0.2, 0) is 6.42 Å². The van der Waals surface area contributed by atoms with Crippen molar-refractivity contribution in [2.75, 3.05) is 11.9 Å². The third kappa shape index (κ3) is 3.26. The van der Waals surface area contributed by atoms with Crippen LogP contribution in [0.1, 0.15) is 10.6 Å². The predicted octanol–water partition coefficient (Wildman–Crippen LogP) is 4.01. The van der Waals surface area contributed by atoms with Crippen molar-refractivity contribution < 1.29 is 4.39 Å². The van der Waals surface area contributed by atoms with Crippen molar-refractivity contribution in [3.8, 4) is 0 Å². The molecule has 0 aliphatic rings. The molecule has 0 spiro atoms. The van der Waals surface area contributed by atoms with E-state index in [1.165, 1.54) is 17.0 Å². The Labute approximate surface area is 112 Å². The zero-order chi connectivity index (χ0) is 12.3. The molecule has 1 N–H and O–H groups in total. The summed E-state index contributed by atoms with van der Waals surface area (Å²) in [5.41, 5.74) is 3.86. The molecule has 1 aromatic heterocycles. The van der Waals surface area contributed by atoms with Crippen molar-refractivity contribution in [2.24, 2.45) is 0 Å². The number of thiazole rings is 1. The Morgan fingerprint density at radius 1 is 1.47 bits per heavy atom. The first-order chi connectivity index (χ1) is 8.16. The molecule has 90 valence electrons. The smallest absolute Gasteiger partial charge is 0.124 e. The number of nitrogens with zero attached hydrogens (tertiary/aromatic N) is 1. The lowest BCUT2D eigenvalue weighted by molar-refractivity contribution is 0.627. The number of hydrogen-bond acceptors (Lipinski definition) is 3. The molecule has 0 fully saturated rings. The molecule has 1 heterocycles. The highest BCUT2D eigenvalue weighted by Crippen LogP contribution is 2.23. The number of anilines is 1. The van der Waals surface area contributed by atoms with E-state index in [0.717, 1.165) is 28.8 Å². The highest BCUT2D eigenvalue weighted by atomic mass is 79.9. The molecule has 2 aromatic rings. The Hall–Kier alpha value is -0.940. The molecule has 2 rings (SSSR count). The fourth-order valence-electron chi connectivity index (χ4n) is 1.51. The average Bonchev–Trinajstić information content (AvgIpc) is 2.68. The predicted molar refractivity (Wildman–Crippen MR) is 73.1 cm³/mol. The van der Waals surface area contributed by atoms with E-state index in [1.807, 2.05) is 12.4 Å². The van der Waals surface area contributed by atoms with Crippen molar-refractivity contribution >= 4 is 33.0 Å². The summed E-state index contributed by atoms with van der Waals surface area (Å²) in [7, 11) is 0. The minimum absolute atomic E-state index is 0.235. The van der Waals surface area contributed by atoms with E-state index in [2.05, 4.69) is 26.2 Å². The molecule has 17 heavy (non-hydrogen) atoms. The maximum absolute atomic E-state index is 12.9. The standard InChI is InChI=1S/C12H12BrFN2S/c1-8-12(17-7-16-8)4-5-15-11-3-2-9(14)6-10(11)13/h2-3,6-7,15H,4-5H2,1H3. The number of benzene rings is 1. The summed E-state index contributed by atoms with van der Waals surface area (Å²) in [5, 5.41) is 3.27. The van der Waals surface area contributed by atoms with Crippen LogP contribution in [0, 0.1) is 12.7 Å². The van der Waals surface area contributed by atoms with Crippen molar-refractivity contribution in [2.45, 2.75) is 13.3 Å². The van der Waals surface area contributed by atoms with Gasteiger partial charge in [-0.15, -0.1) is 11.3 Å². The second-order valence-corrected chi connectivity index (χ2v) is 5.46. The highest BCUT2D eigenvalue weighted by molar-refractivity contribution is 9.10. The van der Waals surface area contributed by atoms with Gasteiger partial charge in [0, 0.05) is 28.0 Å². The number of nitrogens with one attached hydrogen (secondary N) is 1. The number of hydrogen-bond donors (Lipinski definition) is 1. The lowest BCUT2D eigenvalue weighted by atomic mass is 10.2. The van der Waals surface area contributed by atoms with Crippen molar-refractivity contribution in [1.82, 2.24) is 4.98 Å². The Morgan fingerprint density at radius 3 is 2.94 bits per heavy atom. The normalized spacial score (nSPS) is 10.5. The van der Waals surface area contributed by atoms with Crippen LogP contribution < -0.4 is 5.32 Å². The summed E-state index contributed by atoms with van der Waals surface area (Å²) >= 11 is 5.00. The molecule has 0 unspecified atom stereocenters. The quantitative estimate of drug-likeness (QED) is 0.922.